The number of aryl methyl sites for hydroxylation is 2. The first-order valence-corrected chi connectivity index (χ1v) is 11.9. The molecule has 2 aromatic carbocycles. The molecule has 4 rings (SSSR count). The molecule has 37 heavy (non-hydrogen) atoms. The number of carboxylic acid groups (broad SMARTS) is 1. The van der Waals surface area contributed by atoms with Gasteiger partial charge in [0, 0.05) is 23.2 Å². The first kappa shape index (κ1) is 26.4. The Morgan fingerprint density at radius 1 is 1.08 bits per heavy atom. The fourth-order valence-electron chi connectivity index (χ4n) is 4.52. The standard InChI is InChI=1S/C27H28F3N3O4/c1-26(2,3)17-8-5-15(6-9-17)19-14-20-16(13-21(19)37-25(36)27(28,29)30)7-10-18-22(20)32-33(12-4-11-31)23(18)24(34)35/h5-6,8-9,13-14H,4,7,10-12,31H2,1-3H3,(H,34,35). The Morgan fingerprint density at radius 2 is 1.76 bits per heavy atom. The van der Waals surface area contributed by atoms with Gasteiger partial charge in [-0.15, -0.1) is 0 Å². The lowest BCUT2D eigenvalue weighted by Gasteiger charge is -2.21. The van der Waals surface area contributed by atoms with E-state index in [1.165, 1.54) is 10.7 Å². The summed E-state index contributed by atoms with van der Waals surface area (Å²) in [6, 6.07) is 10.3. The molecule has 3 N–H and O–H groups in total. The smallest absolute Gasteiger partial charge is 0.477 e. The first-order chi connectivity index (χ1) is 17.3. The van der Waals surface area contributed by atoms with Crippen LogP contribution >= 0.6 is 0 Å². The Kier molecular flexibility index (Phi) is 6.89. The van der Waals surface area contributed by atoms with E-state index in [2.05, 4.69) is 5.10 Å². The van der Waals surface area contributed by atoms with Gasteiger partial charge in [-0.25, -0.2) is 9.59 Å². The maximum atomic E-state index is 13.1. The monoisotopic (exact) mass is 515 g/mol. The van der Waals surface area contributed by atoms with Gasteiger partial charge in [-0.1, -0.05) is 45.0 Å². The fraction of sp³-hybridized carbons (Fsp3) is 0.370. The summed E-state index contributed by atoms with van der Waals surface area (Å²) in [6.45, 7) is 6.81. The van der Waals surface area contributed by atoms with E-state index >= 15 is 0 Å². The summed E-state index contributed by atoms with van der Waals surface area (Å²) in [6.07, 6.45) is -3.94. The Balaban J connectivity index is 1.89. The van der Waals surface area contributed by atoms with E-state index in [1.807, 2.05) is 32.9 Å². The van der Waals surface area contributed by atoms with E-state index in [0.29, 0.717) is 60.3 Å². The van der Waals surface area contributed by atoms with Crippen LogP contribution in [0.3, 0.4) is 0 Å². The number of aromatic carboxylic acids is 1. The summed E-state index contributed by atoms with van der Waals surface area (Å²) in [5.74, 6) is -3.63. The largest absolute Gasteiger partial charge is 0.491 e. The van der Waals surface area contributed by atoms with Crippen molar-refractivity contribution in [2.45, 2.75) is 58.2 Å². The molecule has 7 nitrogen and oxygen atoms in total. The van der Waals surface area contributed by atoms with E-state index in [-0.39, 0.29) is 22.4 Å². The van der Waals surface area contributed by atoms with Crippen LogP contribution in [0.2, 0.25) is 0 Å². The van der Waals surface area contributed by atoms with Gasteiger partial charge in [-0.3, -0.25) is 4.68 Å². The van der Waals surface area contributed by atoms with Crippen LogP contribution in [0.15, 0.2) is 36.4 Å². The summed E-state index contributed by atoms with van der Waals surface area (Å²) in [7, 11) is 0. The molecule has 1 aliphatic rings. The van der Waals surface area contributed by atoms with Crippen molar-refractivity contribution >= 4 is 11.9 Å². The Morgan fingerprint density at radius 3 is 2.32 bits per heavy atom. The summed E-state index contributed by atoms with van der Waals surface area (Å²) < 4.78 is 45.4. The molecule has 1 aromatic heterocycles. The van der Waals surface area contributed by atoms with Crippen LogP contribution in [-0.2, 0) is 29.6 Å². The van der Waals surface area contributed by atoms with Crippen molar-refractivity contribution in [2.75, 3.05) is 6.54 Å². The Bertz CT molecular complexity index is 1350. The highest BCUT2D eigenvalue weighted by molar-refractivity contribution is 5.92. The number of carbonyl (C=O) groups excluding carboxylic acids is 1. The van der Waals surface area contributed by atoms with Gasteiger partial charge in [0.05, 0.1) is 5.69 Å². The Labute approximate surface area is 212 Å². The van der Waals surface area contributed by atoms with Crippen molar-refractivity contribution in [3.8, 4) is 28.1 Å². The van der Waals surface area contributed by atoms with Crippen molar-refractivity contribution in [2.24, 2.45) is 5.73 Å². The zero-order chi connectivity index (χ0) is 27.1. The van der Waals surface area contributed by atoms with E-state index < -0.39 is 18.1 Å². The van der Waals surface area contributed by atoms with Crippen LogP contribution in [-0.4, -0.2) is 39.5 Å². The SMILES string of the molecule is CC(C)(C)c1ccc(-c2cc3c(cc2OC(=O)C(F)(F)F)CCc2c-3nn(CCCN)c2C(=O)O)cc1. The van der Waals surface area contributed by atoms with Gasteiger partial charge in [0.1, 0.15) is 11.4 Å². The van der Waals surface area contributed by atoms with Crippen molar-refractivity contribution in [3.63, 3.8) is 0 Å². The number of ether oxygens (including phenoxy) is 1. The molecule has 0 radical (unpaired) electrons. The molecule has 0 bridgehead atoms. The number of carboxylic acids is 1. The molecule has 0 atom stereocenters. The predicted molar refractivity (Wildman–Crippen MR) is 132 cm³/mol. The number of halogens is 3. The maximum absolute atomic E-state index is 13.1. The van der Waals surface area contributed by atoms with Gasteiger partial charge in [-0.05, 0) is 60.0 Å². The number of fused-ring (bicyclic) bond motifs is 3. The fourth-order valence-corrected chi connectivity index (χ4v) is 4.52. The predicted octanol–water partition coefficient (Wildman–Crippen LogP) is 5.13. The van der Waals surface area contributed by atoms with Crippen molar-refractivity contribution in [1.29, 1.82) is 0 Å². The third-order valence-electron chi connectivity index (χ3n) is 6.43. The lowest BCUT2D eigenvalue weighted by Crippen LogP contribution is -2.28. The quantitative estimate of drug-likeness (QED) is 0.348. The molecule has 1 heterocycles. The summed E-state index contributed by atoms with van der Waals surface area (Å²) in [5.41, 5.74) is 9.62. The van der Waals surface area contributed by atoms with E-state index in [4.69, 9.17) is 10.5 Å². The number of esters is 1. The van der Waals surface area contributed by atoms with Gasteiger partial charge in [0.2, 0.25) is 0 Å². The van der Waals surface area contributed by atoms with Crippen molar-refractivity contribution < 1.29 is 32.6 Å². The number of nitrogens with two attached hydrogens (primary N) is 1. The second kappa shape index (κ2) is 9.66. The highest BCUT2D eigenvalue weighted by atomic mass is 19.4. The van der Waals surface area contributed by atoms with E-state index in [0.717, 1.165) is 5.56 Å². The third kappa shape index (κ3) is 5.24. The van der Waals surface area contributed by atoms with Gasteiger partial charge in [0.25, 0.3) is 0 Å². The summed E-state index contributed by atoms with van der Waals surface area (Å²) in [5, 5.41) is 14.4. The first-order valence-electron chi connectivity index (χ1n) is 11.9. The van der Waals surface area contributed by atoms with Gasteiger partial charge >= 0.3 is 18.1 Å². The van der Waals surface area contributed by atoms with Crippen LogP contribution in [0.4, 0.5) is 13.2 Å². The van der Waals surface area contributed by atoms with Crippen molar-refractivity contribution in [3.05, 3.63) is 58.8 Å². The normalized spacial score (nSPS) is 13.2. The van der Waals surface area contributed by atoms with Gasteiger partial charge in [0.15, 0.2) is 0 Å². The molecule has 0 unspecified atom stereocenters. The van der Waals surface area contributed by atoms with E-state index in [9.17, 15) is 27.9 Å². The van der Waals surface area contributed by atoms with Crippen LogP contribution in [0, 0.1) is 0 Å². The molecule has 0 spiro atoms. The van der Waals surface area contributed by atoms with Crippen LogP contribution in [0.1, 0.15) is 54.4 Å². The average Bonchev–Trinajstić information content (AvgIpc) is 3.20. The lowest BCUT2D eigenvalue weighted by atomic mass is 9.84. The third-order valence-corrected chi connectivity index (χ3v) is 6.43. The molecular weight excluding hydrogens is 487 g/mol. The van der Waals surface area contributed by atoms with Gasteiger partial charge in [-0.2, -0.15) is 18.3 Å². The molecule has 3 aromatic rings. The minimum absolute atomic E-state index is 0.0813. The average molecular weight is 516 g/mol. The molecule has 0 saturated carbocycles. The number of nitrogens with zero attached hydrogens (tertiary/aromatic N) is 2. The molecule has 0 fully saturated rings. The highest BCUT2D eigenvalue weighted by Gasteiger charge is 2.42. The second-order valence-corrected chi connectivity index (χ2v) is 10.1. The van der Waals surface area contributed by atoms with Gasteiger partial charge < -0.3 is 15.6 Å². The number of hydrogen-bond acceptors (Lipinski definition) is 5. The molecule has 10 heteroatoms. The summed E-state index contributed by atoms with van der Waals surface area (Å²) in [4.78, 5) is 23.8. The molecular formula is C27H28F3N3O4. The zero-order valence-electron chi connectivity index (χ0n) is 20.8. The van der Waals surface area contributed by atoms with Crippen molar-refractivity contribution in [1.82, 2.24) is 9.78 Å². The molecule has 1 aliphatic carbocycles. The number of rotatable bonds is 6. The van der Waals surface area contributed by atoms with Crippen LogP contribution < -0.4 is 10.5 Å². The van der Waals surface area contributed by atoms with Crippen LogP contribution in [0.25, 0.3) is 22.4 Å². The number of benzene rings is 2. The second-order valence-electron chi connectivity index (χ2n) is 10.1. The molecule has 196 valence electrons. The topological polar surface area (TPSA) is 107 Å². The Hall–Kier alpha value is -3.66. The molecule has 0 saturated heterocycles. The summed E-state index contributed by atoms with van der Waals surface area (Å²) >= 11 is 0. The number of aromatic nitrogens is 2. The zero-order valence-corrected chi connectivity index (χ0v) is 20.8. The number of alkyl halides is 3. The minimum Gasteiger partial charge on any atom is -0.477 e. The lowest BCUT2D eigenvalue weighted by molar-refractivity contribution is -0.189. The van der Waals surface area contributed by atoms with E-state index in [1.54, 1.807) is 18.2 Å². The highest BCUT2D eigenvalue weighted by Crippen LogP contribution is 2.42. The molecule has 0 amide bonds. The number of carbonyl (C=O) groups is 2. The maximum Gasteiger partial charge on any atom is 0.491 e. The van der Waals surface area contributed by atoms with Crippen LogP contribution in [0.5, 0.6) is 5.75 Å². The minimum atomic E-state index is -5.16. The number of hydrogen-bond donors (Lipinski definition) is 2. The molecule has 0 aliphatic heterocycles.